The normalized spacial score (nSPS) is 22.1. The molecule has 1 aliphatic rings. The lowest BCUT2D eigenvalue weighted by Gasteiger charge is -2.26. The molecule has 0 saturated carbocycles. The Labute approximate surface area is 172 Å². The van der Waals surface area contributed by atoms with Gasteiger partial charge in [0, 0.05) is 31.9 Å². The van der Waals surface area contributed by atoms with Crippen molar-refractivity contribution >= 4 is 5.82 Å². The second-order valence-electron chi connectivity index (χ2n) is 8.21. The zero-order valence-corrected chi connectivity index (χ0v) is 17.8. The number of aromatic nitrogens is 2. The SMILES string of the molecule is CC#Cc1cn([C@H]2C[C@H](O)[C@@H](C(O)=CN(CC(C)C)CC(C)C)O2)c(=O)nc1N. The molecule has 1 aliphatic heterocycles. The number of hydrogen-bond acceptors (Lipinski definition) is 7. The number of hydrogen-bond donors (Lipinski definition) is 3. The number of nitrogen functional groups attached to an aromatic ring is 1. The molecule has 1 aromatic rings. The summed E-state index contributed by atoms with van der Waals surface area (Å²) in [5, 5.41) is 21.1. The average Bonchev–Trinajstić information content (AvgIpc) is 2.97. The van der Waals surface area contributed by atoms with Crippen LogP contribution in [0.15, 0.2) is 23.0 Å². The Hall–Kier alpha value is -2.50. The topological polar surface area (TPSA) is 114 Å². The maximum absolute atomic E-state index is 12.3. The maximum atomic E-state index is 12.3. The largest absolute Gasteiger partial charge is 0.508 e. The van der Waals surface area contributed by atoms with E-state index >= 15 is 0 Å². The highest BCUT2D eigenvalue weighted by atomic mass is 16.5. The van der Waals surface area contributed by atoms with Gasteiger partial charge in [-0.05, 0) is 18.8 Å². The van der Waals surface area contributed by atoms with Gasteiger partial charge in [-0.25, -0.2) is 4.79 Å². The Balaban J connectivity index is 2.24. The van der Waals surface area contributed by atoms with Crippen LogP contribution in [0.3, 0.4) is 0 Å². The molecule has 0 bridgehead atoms. The van der Waals surface area contributed by atoms with E-state index in [0.29, 0.717) is 17.4 Å². The number of aliphatic hydroxyl groups excluding tert-OH is 2. The zero-order valence-electron chi connectivity index (χ0n) is 17.8. The summed E-state index contributed by atoms with van der Waals surface area (Å²) in [6, 6.07) is 0. The molecule has 160 valence electrons. The molecule has 29 heavy (non-hydrogen) atoms. The van der Waals surface area contributed by atoms with Crippen LogP contribution in [0, 0.1) is 23.7 Å². The van der Waals surface area contributed by atoms with Gasteiger partial charge in [0.05, 0.1) is 11.7 Å². The van der Waals surface area contributed by atoms with Gasteiger partial charge in [-0.1, -0.05) is 33.6 Å². The fourth-order valence-corrected chi connectivity index (χ4v) is 3.39. The van der Waals surface area contributed by atoms with Crippen molar-refractivity contribution in [2.75, 3.05) is 18.8 Å². The highest BCUT2D eigenvalue weighted by Crippen LogP contribution is 2.31. The van der Waals surface area contributed by atoms with Crippen LogP contribution in [0.2, 0.25) is 0 Å². The second kappa shape index (κ2) is 9.81. The van der Waals surface area contributed by atoms with Crippen LogP contribution in [0.25, 0.3) is 0 Å². The van der Waals surface area contributed by atoms with Crippen molar-refractivity contribution in [2.24, 2.45) is 11.8 Å². The van der Waals surface area contributed by atoms with Crippen molar-refractivity contribution in [2.45, 2.75) is 59.5 Å². The van der Waals surface area contributed by atoms with Gasteiger partial charge in [0.25, 0.3) is 0 Å². The van der Waals surface area contributed by atoms with E-state index in [9.17, 15) is 15.0 Å². The summed E-state index contributed by atoms with van der Waals surface area (Å²) in [6.45, 7) is 11.6. The van der Waals surface area contributed by atoms with Crippen molar-refractivity contribution in [3.05, 3.63) is 34.2 Å². The number of aliphatic hydroxyl groups is 2. The summed E-state index contributed by atoms with van der Waals surface area (Å²) >= 11 is 0. The molecule has 1 aromatic heterocycles. The van der Waals surface area contributed by atoms with Crippen LogP contribution in [0.4, 0.5) is 5.82 Å². The van der Waals surface area contributed by atoms with Crippen LogP contribution < -0.4 is 11.4 Å². The molecule has 4 N–H and O–H groups in total. The molecule has 0 aliphatic carbocycles. The van der Waals surface area contributed by atoms with E-state index in [4.69, 9.17) is 10.5 Å². The lowest BCUT2D eigenvalue weighted by atomic mass is 10.1. The van der Waals surface area contributed by atoms with Crippen LogP contribution in [0.1, 0.15) is 52.8 Å². The number of anilines is 1. The molecule has 0 amide bonds. The van der Waals surface area contributed by atoms with Gasteiger partial charge in [0.15, 0.2) is 0 Å². The fraction of sp³-hybridized carbons (Fsp3) is 0.619. The third-order valence-electron chi connectivity index (χ3n) is 4.45. The van der Waals surface area contributed by atoms with Gasteiger partial charge >= 0.3 is 5.69 Å². The molecule has 2 heterocycles. The van der Waals surface area contributed by atoms with Crippen LogP contribution in [-0.2, 0) is 4.74 Å². The maximum Gasteiger partial charge on any atom is 0.351 e. The van der Waals surface area contributed by atoms with Gasteiger partial charge in [0.1, 0.15) is 23.9 Å². The number of nitrogens with zero attached hydrogens (tertiary/aromatic N) is 3. The molecule has 0 radical (unpaired) electrons. The van der Waals surface area contributed by atoms with E-state index in [1.165, 1.54) is 10.8 Å². The summed E-state index contributed by atoms with van der Waals surface area (Å²) in [6.07, 6.45) is 0.599. The molecule has 8 nitrogen and oxygen atoms in total. The lowest BCUT2D eigenvalue weighted by molar-refractivity contribution is -0.0210. The van der Waals surface area contributed by atoms with Crippen molar-refractivity contribution in [1.29, 1.82) is 0 Å². The monoisotopic (exact) mass is 404 g/mol. The van der Waals surface area contributed by atoms with Gasteiger partial charge in [-0.3, -0.25) is 4.57 Å². The smallest absolute Gasteiger partial charge is 0.351 e. The molecule has 8 heteroatoms. The molecular weight excluding hydrogens is 372 g/mol. The Kier molecular flexibility index (Phi) is 7.71. The molecule has 1 fully saturated rings. The minimum atomic E-state index is -0.957. The first-order chi connectivity index (χ1) is 13.6. The molecule has 2 rings (SSSR count). The third kappa shape index (κ3) is 5.99. The molecule has 1 saturated heterocycles. The summed E-state index contributed by atoms with van der Waals surface area (Å²) in [5.41, 5.74) is 5.56. The number of rotatable bonds is 7. The lowest BCUT2D eigenvalue weighted by Crippen LogP contribution is -2.30. The molecular formula is C21H32N4O4. The molecule has 3 atom stereocenters. The van der Waals surface area contributed by atoms with E-state index in [1.807, 2.05) is 4.90 Å². The quantitative estimate of drug-likeness (QED) is 0.469. The predicted octanol–water partition coefficient (Wildman–Crippen LogP) is 1.86. The zero-order chi connectivity index (χ0) is 21.7. The van der Waals surface area contributed by atoms with Gasteiger partial charge in [-0.2, -0.15) is 4.98 Å². The Morgan fingerprint density at radius 1 is 1.41 bits per heavy atom. The standard InChI is InChI=1S/C21H32N4O4/c1-6-7-15-11-25(21(28)23-20(15)22)18-8-16(26)19(29-18)17(27)12-24(9-13(2)3)10-14(4)5/h11-14,16,18-19,26-27H,8-10H2,1-5H3,(H2,22,23,28)/t16-,18+,19-/m0/s1. The Bertz CT molecular complexity index is 840. The minimum Gasteiger partial charge on any atom is -0.508 e. The molecule has 0 aromatic carbocycles. The van der Waals surface area contributed by atoms with E-state index in [0.717, 1.165) is 13.1 Å². The van der Waals surface area contributed by atoms with Crippen LogP contribution in [-0.4, -0.2) is 50.0 Å². The Morgan fingerprint density at radius 2 is 2.03 bits per heavy atom. The van der Waals surface area contributed by atoms with Gasteiger partial charge < -0.3 is 25.6 Å². The van der Waals surface area contributed by atoms with E-state index in [-0.39, 0.29) is 18.0 Å². The highest BCUT2D eigenvalue weighted by molar-refractivity contribution is 5.48. The van der Waals surface area contributed by atoms with Crippen molar-refractivity contribution < 1.29 is 14.9 Å². The van der Waals surface area contributed by atoms with Crippen LogP contribution >= 0.6 is 0 Å². The number of ether oxygens (including phenoxy) is 1. The van der Waals surface area contributed by atoms with E-state index in [2.05, 4.69) is 44.5 Å². The molecule has 0 spiro atoms. The Morgan fingerprint density at radius 3 is 2.59 bits per heavy atom. The summed E-state index contributed by atoms with van der Waals surface area (Å²) in [5.74, 6) is 6.33. The van der Waals surface area contributed by atoms with Gasteiger partial charge in [-0.15, -0.1) is 5.92 Å². The summed E-state index contributed by atoms with van der Waals surface area (Å²) < 4.78 is 7.08. The first kappa shape index (κ1) is 22.8. The molecule has 0 unspecified atom stereocenters. The summed E-state index contributed by atoms with van der Waals surface area (Å²) in [4.78, 5) is 18.1. The fourth-order valence-electron chi connectivity index (χ4n) is 3.39. The summed E-state index contributed by atoms with van der Waals surface area (Å²) in [7, 11) is 0. The van der Waals surface area contributed by atoms with Crippen molar-refractivity contribution in [3.63, 3.8) is 0 Å². The van der Waals surface area contributed by atoms with Crippen molar-refractivity contribution in [1.82, 2.24) is 14.5 Å². The second-order valence-corrected chi connectivity index (χ2v) is 8.21. The third-order valence-corrected chi connectivity index (χ3v) is 4.45. The minimum absolute atomic E-state index is 0.0523. The first-order valence-electron chi connectivity index (χ1n) is 9.92. The number of nitrogens with two attached hydrogens (primary N) is 1. The van der Waals surface area contributed by atoms with Gasteiger partial charge in [0.2, 0.25) is 0 Å². The van der Waals surface area contributed by atoms with Crippen molar-refractivity contribution in [3.8, 4) is 11.8 Å². The average molecular weight is 405 g/mol. The van der Waals surface area contributed by atoms with E-state index < -0.39 is 24.1 Å². The van der Waals surface area contributed by atoms with E-state index in [1.54, 1.807) is 13.1 Å². The first-order valence-corrected chi connectivity index (χ1v) is 9.92. The predicted molar refractivity (Wildman–Crippen MR) is 112 cm³/mol. The van der Waals surface area contributed by atoms with Crippen LogP contribution in [0.5, 0.6) is 0 Å². The highest BCUT2D eigenvalue weighted by Gasteiger charge is 2.38.